The first-order chi connectivity index (χ1) is 8.79. The van der Waals surface area contributed by atoms with Crippen molar-refractivity contribution in [3.8, 4) is 0 Å². The maximum atomic E-state index is 11.1. The van der Waals surface area contributed by atoms with Crippen LogP contribution in [0.2, 0.25) is 0 Å². The van der Waals surface area contributed by atoms with Gasteiger partial charge in [-0.15, -0.1) is 0 Å². The molecule has 0 aliphatic carbocycles. The van der Waals surface area contributed by atoms with Crippen LogP contribution >= 0.6 is 0 Å². The van der Waals surface area contributed by atoms with E-state index in [0.717, 1.165) is 0 Å². The highest BCUT2D eigenvalue weighted by Crippen LogP contribution is 2.31. The molecular formula is C11H19NO7. The largest absolute Gasteiger partial charge is 0.481 e. The van der Waals surface area contributed by atoms with Crippen molar-refractivity contribution in [2.24, 2.45) is 11.8 Å². The Bertz CT molecular complexity index is 348. The van der Waals surface area contributed by atoms with Crippen LogP contribution in [0.5, 0.6) is 0 Å². The number of carboxylic acids is 1. The van der Waals surface area contributed by atoms with Crippen LogP contribution in [-0.2, 0) is 14.3 Å². The van der Waals surface area contributed by atoms with Crippen LogP contribution in [-0.4, -0.2) is 63.4 Å². The average molecular weight is 277 g/mol. The Morgan fingerprint density at radius 2 is 1.95 bits per heavy atom. The van der Waals surface area contributed by atoms with Crippen LogP contribution < -0.4 is 5.32 Å². The molecule has 110 valence electrons. The Hall–Kier alpha value is -1.22. The minimum atomic E-state index is -1.49. The minimum Gasteiger partial charge on any atom is -0.481 e. The predicted molar refractivity (Wildman–Crippen MR) is 61.9 cm³/mol. The summed E-state index contributed by atoms with van der Waals surface area (Å²) >= 11 is 0. The van der Waals surface area contributed by atoms with Gasteiger partial charge in [-0.3, -0.25) is 9.59 Å². The van der Waals surface area contributed by atoms with Crippen molar-refractivity contribution in [1.82, 2.24) is 5.32 Å². The summed E-state index contributed by atoms with van der Waals surface area (Å²) in [5.41, 5.74) is 0. The molecule has 1 aliphatic heterocycles. The molecule has 0 saturated carbocycles. The number of aliphatic hydroxyl groups is 3. The number of amides is 1. The third-order valence-corrected chi connectivity index (χ3v) is 3.33. The summed E-state index contributed by atoms with van der Waals surface area (Å²) in [4.78, 5) is 22.2. The van der Waals surface area contributed by atoms with E-state index in [9.17, 15) is 19.8 Å². The minimum absolute atomic E-state index is 0.482. The van der Waals surface area contributed by atoms with Crippen molar-refractivity contribution in [3.63, 3.8) is 0 Å². The lowest BCUT2D eigenvalue weighted by molar-refractivity contribution is -0.247. The second-order valence-electron chi connectivity index (χ2n) is 4.67. The molecule has 0 bridgehead atoms. The Morgan fingerprint density at radius 1 is 1.37 bits per heavy atom. The number of aliphatic hydroxyl groups excluding tert-OH is 3. The molecule has 8 heteroatoms. The van der Waals surface area contributed by atoms with Crippen molar-refractivity contribution in [2.75, 3.05) is 6.61 Å². The van der Waals surface area contributed by atoms with Gasteiger partial charge in [0.25, 0.3) is 0 Å². The van der Waals surface area contributed by atoms with Gasteiger partial charge in [0.1, 0.15) is 6.10 Å². The van der Waals surface area contributed by atoms with Gasteiger partial charge in [0.2, 0.25) is 5.91 Å². The molecule has 0 radical (unpaired) electrons. The summed E-state index contributed by atoms with van der Waals surface area (Å²) in [6, 6.07) is -1.05. The fourth-order valence-electron chi connectivity index (χ4n) is 2.32. The fourth-order valence-corrected chi connectivity index (χ4v) is 2.32. The van der Waals surface area contributed by atoms with E-state index in [-0.39, 0.29) is 0 Å². The van der Waals surface area contributed by atoms with E-state index in [1.807, 2.05) is 0 Å². The second kappa shape index (κ2) is 6.29. The van der Waals surface area contributed by atoms with Gasteiger partial charge in [-0.2, -0.15) is 0 Å². The predicted octanol–water partition coefficient (Wildman–Crippen LogP) is -2.10. The molecule has 5 N–H and O–H groups in total. The number of nitrogens with one attached hydrogen (secondary N) is 1. The highest BCUT2D eigenvalue weighted by Gasteiger charge is 2.48. The molecule has 1 saturated heterocycles. The van der Waals surface area contributed by atoms with Crippen LogP contribution in [0.25, 0.3) is 0 Å². The summed E-state index contributed by atoms with van der Waals surface area (Å²) in [5, 5.41) is 40.3. The number of carbonyl (C=O) groups excluding carboxylic acids is 1. The number of hydrogen-bond acceptors (Lipinski definition) is 6. The van der Waals surface area contributed by atoms with Crippen LogP contribution in [0, 0.1) is 11.8 Å². The van der Waals surface area contributed by atoms with E-state index in [0.29, 0.717) is 0 Å². The Labute approximate surface area is 110 Å². The summed E-state index contributed by atoms with van der Waals surface area (Å²) in [5.74, 6) is -3.66. The van der Waals surface area contributed by atoms with Crippen molar-refractivity contribution in [3.05, 3.63) is 0 Å². The average Bonchev–Trinajstić information content (AvgIpc) is 2.32. The van der Waals surface area contributed by atoms with Crippen molar-refractivity contribution >= 4 is 11.9 Å². The van der Waals surface area contributed by atoms with E-state index in [4.69, 9.17) is 14.9 Å². The van der Waals surface area contributed by atoms with Gasteiger partial charge in [-0.25, -0.2) is 0 Å². The Kier molecular flexibility index (Phi) is 5.24. The normalized spacial score (nSPS) is 36.6. The molecule has 6 unspecified atom stereocenters. The van der Waals surface area contributed by atoms with Crippen molar-refractivity contribution < 1.29 is 34.8 Å². The van der Waals surface area contributed by atoms with Crippen LogP contribution in [0.4, 0.5) is 0 Å². The van der Waals surface area contributed by atoms with E-state index in [2.05, 4.69) is 5.32 Å². The first-order valence-corrected chi connectivity index (χ1v) is 5.92. The lowest BCUT2D eigenvalue weighted by Crippen LogP contribution is -2.63. The second-order valence-corrected chi connectivity index (χ2v) is 4.67. The van der Waals surface area contributed by atoms with Gasteiger partial charge < -0.3 is 30.5 Å². The number of hydrogen-bond donors (Lipinski definition) is 5. The maximum absolute atomic E-state index is 11.1. The summed E-state index contributed by atoms with van der Waals surface area (Å²) in [7, 11) is 0. The van der Waals surface area contributed by atoms with Gasteiger partial charge in [0.05, 0.1) is 24.7 Å². The van der Waals surface area contributed by atoms with E-state index in [1.165, 1.54) is 13.8 Å². The van der Waals surface area contributed by atoms with Gasteiger partial charge in [0.15, 0.2) is 6.29 Å². The van der Waals surface area contributed by atoms with E-state index >= 15 is 0 Å². The lowest BCUT2D eigenvalue weighted by Gasteiger charge is -2.44. The zero-order valence-corrected chi connectivity index (χ0v) is 10.7. The van der Waals surface area contributed by atoms with Crippen LogP contribution in [0.1, 0.15) is 13.8 Å². The molecule has 6 atom stereocenters. The number of carbonyl (C=O) groups is 2. The molecule has 0 aromatic heterocycles. The van der Waals surface area contributed by atoms with E-state index < -0.39 is 54.9 Å². The summed E-state index contributed by atoms with van der Waals surface area (Å²) in [6.07, 6.45) is -3.89. The number of aliphatic carboxylic acids is 1. The Morgan fingerprint density at radius 3 is 2.37 bits per heavy atom. The van der Waals surface area contributed by atoms with Gasteiger partial charge in [-0.05, 0) is 0 Å². The molecule has 1 rings (SSSR count). The SMILES string of the molecule is CC(=O)NC1C(O)OC(CO)C(O)C1C(C)C(=O)O. The molecule has 0 spiro atoms. The van der Waals surface area contributed by atoms with Crippen molar-refractivity contribution in [1.29, 1.82) is 0 Å². The summed E-state index contributed by atoms with van der Waals surface area (Å²) in [6.45, 7) is 2.01. The topological polar surface area (TPSA) is 136 Å². The highest BCUT2D eigenvalue weighted by atomic mass is 16.6. The molecule has 1 amide bonds. The highest BCUT2D eigenvalue weighted by molar-refractivity contribution is 5.74. The van der Waals surface area contributed by atoms with E-state index in [1.54, 1.807) is 0 Å². The third kappa shape index (κ3) is 3.41. The molecule has 8 nitrogen and oxygen atoms in total. The first kappa shape index (κ1) is 15.8. The third-order valence-electron chi connectivity index (χ3n) is 3.33. The smallest absolute Gasteiger partial charge is 0.306 e. The van der Waals surface area contributed by atoms with Crippen LogP contribution in [0.15, 0.2) is 0 Å². The molecule has 1 aliphatic rings. The fraction of sp³-hybridized carbons (Fsp3) is 0.818. The summed E-state index contributed by atoms with van der Waals surface area (Å²) < 4.78 is 4.97. The quantitative estimate of drug-likeness (QED) is 0.397. The van der Waals surface area contributed by atoms with Gasteiger partial charge in [0, 0.05) is 12.8 Å². The molecule has 0 aromatic carbocycles. The molecule has 19 heavy (non-hydrogen) atoms. The zero-order valence-electron chi connectivity index (χ0n) is 10.7. The maximum Gasteiger partial charge on any atom is 0.306 e. The van der Waals surface area contributed by atoms with Crippen molar-refractivity contribution in [2.45, 2.75) is 38.4 Å². The number of carboxylic acid groups (broad SMARTS) is 1. The molecule has 1 heterocycles. The number of ether oxygens (including phenoxy) is 1. The monoisotopic (exact) mass is 277 g/mol. The zero-order chi connectivity index (χ0) is 14.7. The first-order valence-electron chi connectivity index (χ1n) is 5.92. The molecule has 0 aromatic rings. The van der Waals surface area contributed by atoms with Crippen LogP contribution in [0.3, 0.4) is 0 Å². The molecule has 1 fully saturated rings. The lowest BCUT2D eigenvalue weighted by atomic mass is 9.78. The van der Waals surface area contributed by atoms with Gasteiger partial charge in [-0.1, -0.05) is 6.92 Å². The molecular weight excluding hydrogens is 258 g/mol. The number of rotatable bonds is 4. The van der Waals surface area contributed by atoms with Gasteiger partial charge >= 0.3 is 5.97 Å². The Balaban J connectivity index is 3.03. The standard InChI is InChI=1S/C11H19NO7/c1-4(10(16)17)7-8(12-5(2)14)11(18)19-6(3-13)9(7)15/h4,6-9,11,13,15,18H,3H2,1-2H3,(H,12,14)(H,16,17).